The van der Waals surface area contributed by atoms with E-state index in [-0.39, 0.29) is 28.8 Å². The van der Waals surface area contributed by atoms with Crippen molar-refractivity contribution in [2.75, 3.05) is 6.61 Å². The molecule has 5 aromatic rings. The Kier molecular flexibility index (Phi) is 7.86. The smallest absolute Gasteiger partial charge is 0.347 e. The van der Waals surface area contributed by atoms with Crippen molar-refractivity contribution in [3.63, 3.8) is 0 Å². The van der Waals surface area contributed by atoms with Gasteiger partial charge in [-0.25, -0.2) is 9.78 Å². The second-order valence-corrected chi connectivity index (χ2v) is 10.0. The lowest BCUT2D eigenvalue weighted by Crippen LogP contribution is -2.26. The van der Waals surface area contributed by atoms with E-state index in [9.17, 15) is 19.7 Å². The van der Waals surface area contributed by atoms with Crippen molar-refractivity contribution in [2.45, 2.75) is 20.0 Å². The van der Waals surface area contributed by atoms with Crippen molar-refractivity contribution in [3.8, 4) is 17.3 Å². The number of carbonyl (C=O) groups excluding carboxylic acids is 1. The monoisotopic (exact) mass is 638 g/mol. The van der Waals surface area contributed by atoms with E-state index in [1.54, 1.807) is 43.3 Å². The van der Waals surface area contributed by atoms with Gasteiger partial charge >= 0.3 is 11.7 Å². The highest BCUT2D eigenvalue weighted by molar-refractivity contribution is 9.10. The molecule has 11 nitrogen and oxygen atoms in total. The lowest BCUT2D eigenvalue weighted by Gasteiger charge is -2.14. The van der Waals surface area contributed by atoms with E-state index in [0.29, 0.717) is 22.2 Å². The Morgan fingerprint density at radius 1 is 1.24 bits per heavy atom. The molecule has 0 aliphatic rings. The Hall–Kier alpha value is -4.55. The Morgan fingerprint density at radius 3 is 2.78 bits per heavy atom. The fourth-order valence-corrected chi connectivity index (χ4v) is 4.70. The zero-order valence-electron chi connectivity index (χ0n) is 21.5. The van der Waals surface area contributed by atoms with Crippen molar-refractivity contribution >= 4 is 67.3 Å². The molecule has 0 spiro atoms. The molecule has 0 N–H and O–H groups in total. The van der Waals surface area contributed by atoms with E-state index in [1.807, 2.05) is 12.1 Å². The van der Waals surface area contributed by atoms with Gasteiger partial charge in [-0.2, -0.15) is 9.78 Å². The molecular formula is C28H20BrClN4O7. The summed E-state index contributed by atoms with van der Waals surface area (Å²) in [5.74, 6) is -0.579. The molecule has 13 heteroatoms. The second-order valence-electron chi connectivity index (χ2n) is 8.73. The number of nitro benzene ring substituents is 1. The van der Waals surface area contributed by atoms with Crippen LogP contribution in [0.3, 0.4) is 0 Å². The van der Waals surface area contributed by atoms with E-state index in [0.717, 1.165) is 14.5 Å². The maximum atomic E-state index is 13.5. The molecule has 0 saturated carbocycles. The molecule has 0 saturated heterocycles. The van der Waals surface area contributed by atoms with E-state index in [1.165, 1.54) is 25.3 Å². The summed E-state index contributed by atoms with van der Waals surface area (Å²) < 4.78 is 18.3. The molecule has 0 amide bonds. The molecule has 0 radical (unpaired) electrons. The number of nitrogens with zero attached hydrogens (tertiary/aromatic N) is 4. The molecule has 1 atom stereocenters. The van der Waals surface area contributed by atoms with Crippen molar-refractivity contribution in [2.24, 2.45) is 5.10 Å². The van der Waals surface area contributed by atoms with Gasteiger partial charge in [0.1, 0.15) is 5.58 Å². The molecule has 2 aromatic heterocycles. The van der Waals surface area contributed by atoms with Crippen LogP contribution in [0.5, 0.6) is 5.75 Å². The van der Waals surface area contributed by atoms with Crippen LogP contribution in [0.4, 0.5) is 5.69 Å². The highest BCUT2D eigenvalue weighted by Gasteiger charge is 2.26. The number of benzene rings is 3. The SMILES string of the molecule is CCOC(=O)[C@@H](C)Oc1c(Cl)cc(C=Nn2c(-c3cc4cc(Br)ccc4o3)nc3ccccc3c2=O)cc1[N+](=O)[O-]. The van der Waals surface area contributed by atoms with Gasteiger partial charge in [0.25, 0.3) is 5.56 Å². The number of nitro groups is 1. The molecule has 0 bridgehead atoms. The predicted molar refractivity (Wildman–Crippen MR) is 157 cm³/mol. The maximum Gasteiger partial charge on any atom is 0.347 e. The summed E-state index contributed by atoms with van der Waals surface area (Å²) in [4.78, 5) is 41.3. The number of esters is 1. The van der Waals surface area contributed by atoms with Gasteiger partial charge in [0.05, 0.1) is 33.7 Å². The molecule has 0 unspecified atom stereocenters. The first kappa shape index (κ1) is 28.0. The van der Waals surface area contributed by atoms with Gasteiger partial charge in [0.2, 0.25) is 11.6 Å². The third-order valence-electron chi connectivity index (χ3n) is 5.93. The number of aromatic nitrogens is 2. The average Bonchev–Trinajstić information content (AvgIpc) is 3.36. The van der Waals surface area contributed by atoms with Gasteiger partial charge in [0.15, 0.2) is 11.9 Å². The van der Waals surface area contributed by atoms with Gasteiger partial charge in [0, 0.05) is 21.5 Å². The lowest BCUT2D eigenvalue weighted by atomic mass is 10.2. The van der Waals surface area contributed by atoms with Gasteiger partial charge in [-0.3, -0.25) is 14.9 Å². The van der Waals surface area contributed by atoms with E-state index in [2.05, 4.69) is 26.0 Å². The van der Waals surface area contributed by atoms with E-state index < -0.39 is 28.2 Å². The number of carbonyl (C=O) groups is 1. The maximum absolute atomic E-state index is 13.5. The van der Waals surface area contributed by atoms with Crippen LogP contribution in [0.25, 0.3) is 33.5 Å². The lowest BCUT2D eigenvalue weighted by molar-refractivity contribution is -0.386. The third kappa shape index (κ3) is 5.70. The van der Waals surface area contributed by atoms with Crippen LogP contribution in [0, 0.1) is 10.1 Å². The molecule has 2 heterocycles. The first-order valence-electron chi connectivity index (χ1n) is 12.2. The summed E-state index contributed by atoms with van der Waals surface area (Å²) in [5, 5.41) is 17.1. The highest BCUT2D eigenvalue weighted by atomic mass is 79.9. The predicted octanol–water partition coefficient (Wildman–Crippen LogP) is 6.35. The standard InChI is InChI=1S/C28H20BrClN4O7/c1-3-39-28(36)15(2)40-25-20(30)10-16(11-22(25)34(37)38)14-31-33-26(32-21-7-5-4-6-19(21)27(33)35)24-13-17-12-18(29)8-9-23(17)41-24/h4-15H,3H2,1-2H3/t15-/m1/s1. The van der Waals surface area contributed by atoms with Crippen LogP contribution in [0.15, 0.2) is 79.4 Å². The molecule has 5 rings (SSSR count). The van der Waals surface area contributed by atoms with E-state index in [4.69, 9.17) is 25.5 Å². The zero-order valence-corrected chi connectivity index (χ0v) is 23.9. The summed E-state index contributed by atoms with van der Waals surface area (Å²) in [7, 11) is 0. The summed E-state index contributed by atoms with van der Waals surface area (Å²) in [6, 6.07) is 16.5. The van der Waals surface area contributed by atoms with E-state index >= 15 is 0 Å². The van der Waals surface area contributed by atoms with Crippen molar-refractivity contribution < 1.29 is 23.6 Å². The Balaban J connectivity index is 1.61. The first-order valence-corrected chi connectivity index (χ1v) is 13.4. The number of rotatable bonds is 8. The minimum Gasteiger partial charge on any atom is -0.471 e. The molecule has 208 valence electrons. The van der Waals surface area contributed by atoms with Gasteiger partial charge in [-0.1, -0.05) is 39.7 Å². The minimum atomic E-state index is -1.14. The van der Waals surface area contributed by atoms with Crippen molar-refractivity contribution in [3.05, 3.63) is 96.2 Å². The third-order valence-corrected chi connectivity index (χ3v) is 6.70. The summed E-state index contributed by atoms with van der Waals surface area (Å²) >= 11 is 9.77. The summed E-state index contributed by atoms with van der Waals surface area (Å²) in [6.45, 7) is 3.14. The Bertz CT molecular complexity index is 1920. The van der Waals surface area contributed by atoms with Crippen LogP contribution >= 0.6 is 27.5 Å². The van der Waals surface area contributed by atoms with Crippen molar-refractivity contribution in [1.29, 1.82) is 0 Å². The minimum absolute atomic E-state index is 0.119. The quantitative estimate of drug-likeness (QED) is 0.0829. The molecule has 41 heavy (non-hydrogen) atoms. The van der Waals surface area contributed by atoms with Crippen LogP contribution < -0.4 is 10.3 Å². The topological polar surface area (TPSA) is 139 Å². The molecule has 0 aliphatic carbocycles. The number of furan rings is 1. The normalized spacial score (nSPS) is 12.2. The number of halogens is 2. The van der Waals surface area contributed by atoms with Crippen LogP contribution in [0.1, 0.15) is 19.4 Å². The van der Waals surface area contributed by atoms with Gasteiger partial charge in [-0.15, -0.1) is 0 Å². The second kappa shape index (κ2) is 11.5. The molecular weight excluding hydrogens is 620 g/mol. The largest absolute Gasteiger partial charge is 0.471 e. The van der Waals surface area contributed by atoms with Crippen LogP contribution in [-0.2, 0) is 9.53 Å². The average molecular weight is 640 g/mol. The number of hydrogen-bond acceptors (Lipinski definition) is 9. The van der Waals surface area contributed by atoms with Crippen LogP contribution in [-0.4, -0.2) is 39.5 Å². The zero-order chi connectivity index (χ0) is 29.3. The Labute approximate surface area is 245 Å². The number of ether oxygens (including phenoxy) is 2. The fourth-order valence-electron chi connectivity index (χ4n) is 4.05. The number of hydrogen-bond donors (Lipinski definition) is 0. The van der Waals surface area contributed by atoms with Crippen LogP contribution in [0.2, 0.25) is 5.02 Å². The molecule has 0 aliphatic heterocycles. The summed E-state index contributed by atoms with van der Waals surface area (Å²) in [6.07, 6.45) is 0.0952. The summed E-state index contributed by atoms with van der Waals surface area (Å²) in [5.41, 5.74) is 0.236. The van der Waals surface area contributed by atoms with Gasteiger partial charge < -0.3 is 13.9 Å². The molecule has 0 fully saturated rings. The number of fused-ring (bicyclic) bond motifs is 2. The fraction of sp³-hybridized carbons (Fsp3) is 0.143. The molecule has 3 aromatic carbocycles. The first-order chi connectivity index (χ1) is 19.7. The Morgan fingerprint density at radius 2 is 2.02 bits per heavy atom. The van der Waals surface area contributed by atoms with Gasteiger partial charge in [-0.05, 0) is 56.3 Å². The van der Waals surface area contributed by atoms with Crippen molar-refractivity contribution in [1.82, 2.24) is 9.66 Å². The highest BCUT2D eigenvalue weighted by Crippen LogP contribution is 2.37. The number of para-hydroxylation sites is 1.